The number of amides is 1. The van der Waals surface area contributed by atoms with Crippen LogP contribution in [0.15, 0.2) is 24.3 Å². The first-order valence-corrected chi connectivity index (χ1v) is 10.9. The van der Waals surface area contributed by atoms with Crippen LogP contribution in [0.4, 0.5) is 0 Å². The molecule has 0 aromatic heterocycles. The predicted octanol–water partition coefficient (Wildman–Crippen LogP) is 2.04. The van der Waals surface area contributed by atoms with Gasteiger partial charge in [-0.2, -0.15) is 0 Å². The lowest BCUT2D eigenvalue weighted by molar-refractivity contribution is -0.128. The minimum absolute atomic E-state index is 0.00230. The number of nitrogens with one attached hydrogen (secondary N) is 2. The molecule has 4 N–H and O–H groups in total. The molecule has 0 saturated heterocycles. The predicted molar refractivity (Wildman–Crippen MR) is 104 cm³/mol. The second kappa shape index (κ2) is 8.50. The van der Waals surface area contributed by atoms with E-state index < -0.39 is 15.6 Å². The van der Waals surface area contributed by atoms with Gasteiger partial charge in [-0.15, -0.1) is 0 Å². The Morgan fingerprint density at radius 3 is 2.42 bits per heavy atom. The molecule has 0 spiro atoms. The molecule has 1 aromatic rings. The highest BCUT2D eigenvalue weighted by molar-refractivity contribution is 7.88. The lowest BCUT2D eigenvalue weighted by Gasteiger charge is -2.37. The number of hydrogen-bond donors (Lipinski definition) is 3. The molecule has 2 rings (SSSR count). The first kappa shape index (κ1) is 20.9. The second-order valence-corrected chi connectivity index (χ2v) is 9.62. The summed E-state index contributed by atoms with van der Waals surface area (Å²) in [6.07, 6.45) is 3.82. The fraction of sp³-hybridized carbons (Fsp3) is 0.632. The standard InChI is InChI=1S/C19H31N3O3S/c1-14(2)22-26(24,25)13-16-9-7-15(8-10-16)12-21-18(23)17-6-4-5-11-19(17,3)20/h7-10,14,17,22H,4-6,11-13,20H2,1-3H3,(H,21,23). The van der Waals surface area contributed by atoms with Crippen molar-refractivity contribution in [3.8, 4) is 0 Å². The Balaban J connectivity index is 1.90. The highest BCUT2D eigenvalue weighted by Gasteiger charge is 2.37. The van der Waals surface area contributed by atoms with E-state index in [-0.39, 0.29) is 23.6 Å². The average Bonchev–Trinajstić information content (AvgIpc) is 2.52. The Bertz CT molecular complexity index is 712. The van der Waals surface area contributed by atoms with Gasteiger partial charge in [0.2, 0.25) is 15.9 Å². The van der Waals surface area contributed by atoms with Crippen LogP contribution in [0.3, 0.4) is 0 Å². The molecular formula is C19H31N3O3S. The summed E-state index contributed by atoms with van der Waals surface area (Å²) in [5, 5.41) is 2.97. The number of hydrogen-bond acceptors (Lipinski definition) is 4. The average molecular weight is 382 g/mol. The maximum atomic E-state index is 12.5. The summed E-state index contributed by atoms with van der Waals surface area (Å²) in [7, 11) is -3.33. The Morgan fingerprint density at radius 2 is 1.85 bits per heavy atom. The van der Waals surface area contributed by atoms with E-state index >= 15 is 0 Å². The Hall–Kier alpha value is -1.44. The first-order chi connectivity index (χ1) is 12.1. The van der Waals surface area contributed by atoms with Crippen molar-refractivity contribution in [2.45, 2.75) is 70.3 Å². The van der Waals surface area contributed by atoms with E-state index in [1.54, 1.807) is 26.0 Å². The summed E-state index contributed by atoms with van der Waals surface area (Å²) in [5.41, 5.74) is 7.49. The zero-order valence-corrected chi connectivity index (χ0v) is 16.7. The third kappa shape index (κ3) is 6.07. The van der Waals surface area contributed by atoms with E-state index in [1.807, 2.05) is 19.1 Å². The maximum absolute atomic E-state index is 12.5. The van der Waals surface area contributed by atoms with Gasteiger partial charge in [0.15, 0.2) is 0 Å². The van der Waals surface area contributed by atoms with Crippen LogP contribution in [0, 0.1) is 5.92 Å². The van der Waals surface area contributed by atoms with Gasteiger partial charge in [-0.05, 0) is 44.7 Å². The summed E-state index contributed by atoms with van der Waals surface area (Å²) in [5.74, 6) is -0.198. The molecule has 26 heavy (non-hydrogen) atoms. The molecule has 2 unspecified atom stereocenters. The Labute approximate surface area is 157 Å². The molecule has 1 aliphatic rings. The van der Waals surface area contributed by atoms with Crippen LogP contribution in [0.25, 0.3) is 0 Å². The molecule has 1 aromatic carbocycles. The zero-order chi connectivity index (χ0) is 19.4. The quantitative estimate of drug-likeness (QED) is 0.673. The summed E-state index contributed by atoms with van der Waals surface area (Å²) >= 11 is 0. The minimum atomic E-state index is -3.33. The topological polar surface area (TPSA) is 101 Å². The third-order valence-corrected chi connectivity index (χ3v) is 6.38. The van der Waals surface area contributed by atoms with Gasteiger partial charge in [-0.1, -0.05) is 37.1 Å². The molecule has 1 amide bonds. The van der Waals surface area contributed by atoms with Gasteiger partial charge in [0.25, 0.3) is 0 Å². The summed E-state index contributed by atoms with van der Waals surface area (Å²) in [4.78, 5) is 12.5. The largest absolute Gasteiger partial charge is 0.352 e. The van der Waals surface area contributed by atoms with Crippen LogP contribution >= 0.6 is 0 Å². The fourth-order valence-electron chi connectivity index (χ4n) is 3.47. The molecule has 1 saturated carbocycles. The monoisotopic (exact) mass is 381 g/mol. The number of sulfonamides is 1. The summed E-state index contributed by atoms with van der Waals surface area (Å²) in [6, 6.07) is 7.15. The molecule has 0 bridgehead atoms. The Kier molecular flexibility index (Phi) is 6.82. The number of carbonyl (C=O) groups is 1. The molecule has 1 fully saturated rings. The van der Waals surface area contributed by atoms with Crippen LogP contribution in [-0.2, 0) is 27.1 Å². The van der Waals surface area contributed by atoms with Crippen molar-refractivity contribution >= 4 is 15.9 Å². The number of benzene rings is 1. The lowest BCUT2D eigenvalue weighted by atomic mass is 9.74. The van der Waals surface area contributed by atoms with Gasteiger partial charge in [-0.25, -0.2) is 13.1 Å². The van der Waals surface area contributed by atoms with Crippen LogP contribution in [0.2, 0.25) is 0 Å². The van der Waals surface area contributed by atoms with Crippen LogP contribution in [0.5, 0.6) is 0 Å². The SMILES string of the molecule is CC(C)NS(=O)(=O)Cc1ccc(CNC(=O)C2CCCCC2(C)N)cc1. The Morgan fingerprint density at radius 1 is 1.23 bits per heavy atom. The van der Waals surface area contributed by atoms with E-state index in [1.165, 1.54) is 0 Å². The first-order valence-electron chi connectivity index (χ1n) is 9.23. The number of carbonyl (C=O) groups excluding carboxylic acids is 1. The van der Waals surface area contributed by atoms with Crippen LogP contribution < -0.4 is 15.8 Å². The molecule has 0 aliphatic heterocycles. The van der Waals surface area contributed by atoms with Gasteiger partial charge in [-0.3, -0.25) is 4.79 Å². The van der Waals surface area contributed by atoms with Crippen molar-refractivity contribution < 1.29 is 13.2 Å². The zero-order valence-electron chi connectivity index (χ0n) is 15.9. The molecule has 0 heterocycles. The van der Waals surface area contributed by atoms with Gasteiger partial charge >= 0.3 is 0 Å². The molecular weight excluding hydrogens is 350 g/mol. The highest BCUT2D eigenvalue weighted by Crippen LogP contribution is 2.31. The van der Waals surface area contributed by atoms with Crippen LogP contribution in [-0.4, -0.2) is 25.9 Å². The lowest BCUT2D eigenvalue weighted by Crippen LogP contribution is -2.52. The van der Waals surface area contributed by atoms with E-state index in [0.29, 0.717) is 6.54 Å². The fourth-order valence-corrected chi connectivity index (χ4v) is 4.91. The summed E-state index contributed by atoms with van der Waals surface area (Å²) in [6.45, 7) is 5.96. The highest BCUT2D eigenvalue weighted by atomic mass is 32.2. The van der Waals surface area contributed by atoms with Crippen molar-refractivity contribution in [3.63, 3.8) is 0 Å². The number of nitrogens with two attached hydrogens (primary N) is 1. The van der Waals surface area contributed by atoms with Gasteiger partial charge in [0.05, 0.1) is 11.7 Å². The molecule has 0 radical (unpaired) electrons. The van der Waals surface area contributed by atoms with E-state index in [0.717, 1.165) is 36.8 Å². The molecule has 2 atom stereocenters. The van der Waals surface area contributed by atoms with Crippen molar-refractivity contribution in [1.29, 1.82) is 0 Å². The minimum Gasteiger partial charge on any atom is -0.352 e. The van der Waals surface area contributed by atoms with Gasteiger partial charge in [0, 0.05) is 18.1 Å². The van der Waals surface area contributed by atoms with Gasteiger partial charge in [0.1, 0.15) is 0 Å². The molecule has 6 nitrogen and oxygen atoms in total. The third-order valence-electron chi connectivity index (χ3n) is 4.83. The van der Waals surface area contributed by atoms with E-state index in [2.05, 4.69) is 10.0 Å². The smallest absolute Gasteiger partial charge is 0.225 e. The number of rotatable bonds is 7. The normalized spacial score (nSPS) is 23.8. The molecule has 1 aliphatic carbocycles. The van der Waals surface area contributed by atoms with E-state index in [9.17, 15) is 13.2 Å². The maximum Gasteiger partial charge on any atom is 0.225 e. The second-order valence-electron chi connectivity index (χ2n) is 7.87. The summed E-state index contributed by atoms with van der Waals surface area (Å²) < 4.78 is 26.5. The van der Waals surface area contributed by atoms with Crippen molar-refractivity contribution in [2.75, 3.05) is 0 Å². The molecule has 7 heteroatoms. The molecule has 146 valence electrons. The van der Waals surface area contributed by atoms with Crippen molar-refractivity contribution in [1.82, 2.24) is 10.0 Å². The van der Waals surface area contributed by atoms with Crippen molar-refractivity contribution in [2.24, 2.45) is 11.7 Å². The van der Waals surface area contributed by atoms with Crippen LogP contribution in [0.1, 0.15) is 57.6 Å². The van der Waals surface area contributed by atoms with Crippen molar-refractivity contribution in [3.05, 3.63) is 35.4 Å². The van der Waals surface area contributed by atoms with Gasteiger partial charge < -0.3 is 11.1 Å². The van der Waals surface area contributed by atoms with E-state index in [4.69, 9.17) is 5.73 Å².